The van der Waals surface area contributed by atoms with Gasteiger partial charge in [-0.1, -0.05) is 25.1 Å². The predicted molar refractivity (Wildman–Crippen MR) is 92.7 cm³/mol. The van der Waals surface area contributed by atoms with Crippen molar-refractivity contribution in [2.45, 2.75) is 19.9 Å². The Balaban J connectivity index is 1.97. The van der Waals surface area contributed by atoms with Crippen LogP contribution >= 0.6 is 0 Å². The molecule has 1 aromatic heterocycles. The van der Waals surface area contributed by atoms with Crippen LogP contribution in [-0.4, -0.2) is 16.4 Å². The van der Waals surface area contributed by atoms with Crippen LogP contribution in [0.5, 0.6) is 5.75 Å². The van der Waals surface area contributed by atoms with Crippen LogP contribution in [0.25, 0.3) is 16.9 Å². The molecule has 1 heterocycles. The second-order valence-electron chi connectivity index (χ2n) is 5.35. The van der Waals surface area contributed by atoms with Crippen molar-refractivity contribution in [3.63, 3.8) is 0 Å². The van der Waals surface area contributed by atoms with Gasteiger partial charge in [-0.3, -0.25) is 0 Å². The summed E-state index contributed by atoms with van der Waals surface area (Å²) in [6.07, 6.45) is 1.00. The Morgan fingerprint density at radius 2 is 1.78 bits per heavy atom. The van der Waals surface area contributed by atoms with Gasteiger partial charge in [0.2, 0.25) is 0 Å². The standard InChI is InChI=1S/C19H21N3O/c1-2-12-23-18-10-8-15(9-11-18)19-13-16(14-20)21-22(19)17-6-4-3-5-7-17/h3-11,13H,2,12,14,20H2,1H3. The first-order valence-corrected chi connectivity index (χ1v) is 7.89. The van der Waals surface area contributed by atoms with Crippen molar-refractivity contribution >= 4 is 0 Å². The molecule has 0 spiro atoms. The van der Waals surface area contributed by atoms with E-state index in [9.17, 15) is 0 Å². The zero-order valence-corrected chi connectivity index (χ0v) is 13.3. The summed E-state index contributed by atoms with van der Waals surface area (Å²) >= 11 is 0. The molecule has 0 saturated heterocycles. The summed E-state index contributed by atoms with van der Waals surface area (Å²) in [5.74, 6) is 0.889. The van der Waals surface area contributed by atoms with E-state index in [1.807, 2.05) is 53.2 Å². The van der Waals surface area contributed by atoms with Gasteiger partial charge in [0.1, 0.15) is 5.75 Å². The highest BCUT2D eigenvalue weighted by Crippen LogP contribution is 2.26. The van der Waals surface area contributed by atoms with Crippen molar-refractivity contribution in [1.29, 1.82) is 0 Å². The summed E-state index contributed by atoms with van der Waals surface area (Å²) in [4.78, 5) is 0. The maximum atomic E-state index is 5.77. The molecule has 0 aliphatic heterocycles. The van der Waals surface area contributed by atoms with Gasteiger partial charge in [0.25, 0.3) is 0 Å². The number of ether oxygens (including phenoxy) is 1. The zero-order valence-electron chi connectivity index (χ0n) is 13.3. The van der Waals surface area contributed by atoms with Crippen molar-refractivity contribution in [3.8, 4) is 22.7 Å². The van der Waals surface area contributed by atoms with Crippen LogP contribution in [0.1, 0.15) is 19.0 Å². The van der Waals surface area contributed by atoms with E-state index in [0.29, 0.717) is 6.54 Å². The lowest BCUT2D eigenvalue weighted by atomic mass is 10.1. The SMILES string of the molecule is CCCOc1ccc(-c2cc(CN)nn2-c2ccccc2)cc1. The summed E-state index contributed by atoms with van der Waals surface area (Å²) in [6, 6.07) is 20.2. The van der Waals surface area contributed by atoms with Gasteiger partial charge in [0.05, 0.1) is 23.7 Å². The molecule has 2 aromatic carbocycles. The smallest absolute Gasteiger partial charge is 0.119 e. The fraction of sp³-hybridized carbons (Fsp3) is 0.211. The highest BCUT2D eigenvalue weighted by Gasteiger charge is 2.11. The molecule has 4 nitrogen and oxygen atoms in total. The van der Waals surface area contributed by atoms with Crippen molar-refractivity contribution in [2.75, 3.05) is 6.61 Å². The summed E-state index contributed by atoms with van der Waals surface area (Å²) in [5.41, 5.74) is 9.78. The molecular weight excluding hydrogens is 286 g/mol. The van der Waals surface area contributed by atoms with Crippen LogP contribution in [0, 0.1) is 0 Å². The van der Waals surface area contributed by atoms with Crippen LogP contribution in [-0.2, 0) is 6.54 Å². The summed E-state index contributed by atoms with van der Waals surface area (Å²) in [7, 11) is 0. The van der Waals surface area contributed by atoms with Gasteiger partial charge in [-0.15, -0.1) is 0 Å². The number of hydrogen-bond donors (Lipinski definition) is 1. The van der Waals surface area contributed by atoms with Crippen LogP contribution < -0.4 is 10.5 Å². The number of nitrogens with zero attached hydrogens (tertiary/aromatic N) is 2. The summed E-state index contributed by atoms with van der Waals surface area (Å²) in [6.45, 7) is 3.25. The lowest BCUT2D eigenvalue weighted by Crippen LogP contribution is -2.01. The molecule has 0 unspecified atom stereocenters. The monoisotopic (exact) mass is 307 g/mol. The Labute approximate surface area is 136 Å². The Morgan fingerprint density at radius 3 is 2.43 bits per heavy atom. The third kappa shape index (κ3) is 3.43. The molecule has 0 saturated carbocycles. The summed E-state index contributed by atoms with van der Waals surface area (Å²) < 4.78 is 7.58. The molecule has 4 heteroatoms. The largest absolute Gasteiger partial charge is 0.494 e. The Hall–Kier alpha value is -2.59. The molecular formula is C19H21N3O. The second-order valence-corrected chi connectivity index (χ2v) is 5.35. The van der Waals surface area contributed by atoms with E-state index in [4.69, 9.17) is 10.5 Å². The molecule has 23 heavy (non-hydrogen) atoms. The van der Waals surface area contributed by atoms with Crippen LogP contribution in [0.2, 0.25) is 0 Å². The van der Waals surface area contributed by atoms with Gasteiger partial charge in [-0.2, -0.15) is 5.10 Å². The number of nitrogens with two attached hydrogens (primary N) is 1. The topological polar surface area (TPSA) is 53.1 Å². The molecule has 0 aliphatic carbocycles. The molecule has 0 aliphatic rings. The molecule has 3 aromatic rings. The van der Waals surface area contributed by atoms with Crippen molar-refractivity contribution in [1.82, 2.24) is 9.78 Å². The van der Waals surface area contributed by atoms with Gasteiger partial charge in [0, 0.05) is 12.1 Å². The molecule has 0 atom stereocenters. The molecule has 0 fully saturated rings. The first kappa shape index (κ1) is 15.3. The number of aromatic nitrogens is 2. The third-order valence-electron chi connectivity index (χ3n) is 3.59. The van der Waals surface area contributed by atoms with E-state index in [2.05, 4.69) is 24.2 Å². The Bertz CT molecular complexity index is 748. The van der Waals surface area contributed by atoms with Crippen LogP contribution in [0.4, 0.5) is 0 Å². The van der Waals surface area contributed by atoms with E-state index >= 15 is 0 Å². The third-order valence-corrected chi connectivity index (χ3v) is 3.59. The molecule has 0 radical (unpaired) electrons. The predicted octanol–water partition coefficient (Wildman–Crippen LogP) is 3.79. The molecule has 0 amide bonds. The van der Waals surface area contributed by atoms with Gasteiger partial charge >= 0.3 is 0 Å². The maximum Gasteiger partial charge on any atom is 0.119 e. The average molecular weight is 307 g/mol. The first-order chi connectivity index (χ1) is 11.3. The average Bonchev–Trinajstić information content (AvgIpc) is 3.05. The quantitative estimate of drug-likeness (QED) is 0.754. The van der Waals surface area contributed by atoms with E-state index in [-0.39, 0.29) is 0 Å². The summed E-state index contributed by atoms with van der Waals surface area (Å²) in [5, 5.41) is 4.61. The lowest BCUT2D eigenvalue weighted by molar-refractivity contribution is 0.317. The minimum atomic E-state index is 0.421. The van der Waals surface area contributed by atoms with Gasteiger partial charge in [-0.05, 0) is 48.9 Å². The van der Waals surface area contributed by atoms with E-state index < -0.39 is 0 Å². The van der Waals surface area contributed by atoms with Crippen LogP contribution in [0.15, 0.2) is 60.7 Å². The normalized spacial score (nSPS) is 10.7. The minimum absolute atomic E-state index is 0.421. The first-order valence-electron chi connectivity index (χ1n) is 7.89. The Kier molecular flexibility index (Phi) is 4.74. The van der Waals surface area contributed by atoms with Gasteiger partial charge < -0.3 is 10.5 Å². The number of rotatable bonds is 6. The maximum absolute atomic E-state index is 5.77. The number of hydrogen-bond acceptors (Lipinski definition) is 3. The van der Waals surface area contributed by atoms with Crippen molar-refractivity contribution in [2.24, 2.45) is 5.73 Å². The highest BCUT2D eigenvalue weighted by atomic mass is 16.5. The number of benzene rings is 2. The van der Waals surface area contributed by atoms with Crippen LogP contribution in [0.3, 0.4) is 0 Å². The Morgan fingerprint density at radius 1 is 1.04 bits per heavy atom. The highest BCUT2D eigenvalue weighted by molar-refractivity contribution is 5.63. The number of para-hydroxylation sites is 1. The lowest BCUT2D eigenvalue weighted by Gasteiger charge is -2.09. The second kappa shape index (κ2) is 7.11. The molecule has 0 bridgehead atoms. The molecule has 118 valence electrons. The fourth-order valence-corrected chi connectivity index (χ4v) is 2.44. The van der Waals surface area contributed by atoms with Crippen molar-refractivity contribution < 1.29 is 4.74 Å². The van der Waals surface area contributed by atoms with Gasteiger partial charge in [0.15, 0.2) is 0 Å². The van der Waals surface area contributed by atoms with Crippen molar-refractivity contribution in [3.05, 3.63) is 66.4 Å². The van der Waals surface area contributed by atoms with E-state index in [1.54, 1.807) is 0 Å². The van der Waals surface area contributed by atoms with Gasteiger partial charge in [-0.25, -0.2) is 4.68 Å². The molecule has 3 rings (SSSR count). The fourth-order valence-electron chi connectivity index (χ4n) is 2.44. The minimum Gasteiger partial charge on any atom is -0.494 e. The zero-order chi connectivity index (χ0) is 16.1. The molecule has 2 N–H and O–H groups in total. The van der Waals surface area contributed by atoms with E-state index in [1.165, 1.54) is 0 Å². The van der Waals surface area contributed by atoms with E-state index in [0.717, 1.165) is 41.4 Å².